The van der Waals surface area contributed by atoms with E-state index in [1.807, 2.05) is 25.1 Å². The fraction of sp³-hybridized carbons (Fsp3) is 0.320. The third-order valence-corrected chi connectivity index (χ3v) is 6.31. The van der Waals surface area contributed by atoms with E-state index in [0.29, 0.717) is 18.0 Å². The molecule has 0 saturated carbocycles. The zero-order valence-electron chi connectivity index (χ0n) is 18.6. The molecule has 0 bridgehead atoms. The van der Waals surface area contributed by atoms with Crippen LogP contribution in [0.25, 0.3) is 10.9 Å². The van der Waals surface area contributed by atoms with E-state index < -0.39 is 0 Å². The molecule has 1 fully saturated rings. The molecule has 1 unspecified atom stereocenters. The van der Waals surface area contributed by atoms with E-state index in [1.165, 1.54) is 11.1 Å². The maximum absolute atomic E-state index is 11.7. The second-order valence-electron chi connectivity index (χ2n) is 8.51. The number of fused-ring (bicyclic) bond motifs is 2. The predicted octanol–water partition coefficient (Wildman–Crippen LogP) is 2.48. The first kappa shape index (κ1) is 21.2. The molecular weight excluding hydrogens is 418 g/mol. The van der Waals surface area contributed by atoms with Crippen molar-refractivity contribution in [3.63, 3.8) is 0 Å². The van der Waals surface area contributed by atoms with E-state index in [-0.39, 0.29) is 18.6 Å². The van der Waals surface area contributed by atoms with Crippen molar-refractivity contribution in [3.05, 3.63) is 59.8 Å². The van der Waals surface area contributed by atoms with E-state index in [4.69, 9.17) is 4.74 Å². The highest BCUT2D eigenvalue weighted by atomic mass is 16.5. The van der Waals surface area contributed by atoms with Crippen molar-refractivity contribution in [1.82, 2.24) is 15.2 Å². The molecular formula is C25H27N5O3. The van der Waals surface area contributed by atoms with Gasteiger partial charge in [-0.1, -0.05) is 12.1 Å². The maximum Gasteiger partial charge on any atom is 0.262 e. The zero-order valence-corrected chi connectivity index (χ0v) is 18.6. The smallest absolute Gasteiger partial charge is 0.262 e. The standard InChI is InChI=1S/C25H27N5O3/c1-17-5-7-19-20(27-17)3-2-4-23(19)30-11-9-29(10-12-30)14-22(26-16-31)18-6-8-24-21(13-18)28-25(32)15-33-24/h2-8,13,16,22H,9-12,14-15H2,1H3,(H,26,31)(H,28,32). The van der Waals surface area contributed by atoms with Crippen molar-refractivity contribution in [2.24, 2.45) is 0 Å². The van der Waals surface area contributed by atoms with Crippen molar-refractivity contribution in [2.75, 3.05) is 49.5 Å². The lowest BCUT2D eigenvalue weighted by atomic mass is 10.0. The second-order valence-corrected chi connectivity index (χ2v) is 8.51. The van der Waals surface area contributed by atoms with E-state index in [9.17, 15) is 9.59 Å². The summed E-state index contributed by atoms with van der Waals surface area (Å²) >= 11 is 0. The fourth-order valence-electron chi connectivity index (χ4n) is 4.60. The quantitative estimate of drug-likeness (QED) is 0.567. The summed E-state index contributed by atoms with van der Waals surface area (Å²) < 4.78 is 5.45. The fourth-order valence-corrected chi connectivity index (χ4v) is 4.60. The van der Waals surface area contributed by atoms with Crippen LogP contribution in [0.5, 0.6) is 5.75 Å². The number of ether oxygens (including phenoxy) is 1. The molecule has 3 aromatic rings. The van der Waals surface area contributed by atoms with Crippen LogP contribution >= 0.6 is 0 Å². The van der Waals surface area contributed by atoms with Gasteiger partial charge in [0.2, 0.25) is 6.41 Å². The Morgan fingerprint density at radius 1 is 1.15 bits per heavy atom. The van der Waals surface area contributed by atoms with Gasteiger partial charge < -0.3 is 20.3 Å². The summed E-state index contributed by atoms with van der Waals surface area (Å²) in [5.74, 6) is 0.478. The molecule has 0 radical (unpaired) electrons. The number of aryl methyl sites for hydroxylation is 1. The van der Waals surface area contributed by atoms with Crippen LogP contribution in [0.1, 0.15) is 17.3 Å². The van der Waals surface area contributed by atoms with Crippen LogP contribution in [0.15, 0.2) is 48.5 Å². The Bertz CT molecular complexity index is 1190. The lowest BCUT2D eigenvalue weighted by Crippen LogP contribution is -2.48. The van der Waals surface area contributed by atoms with Gasteiger partial charge in [0.15, 0.2) is 6.61 Å². The number of benzene rings is 2. The Balaban J connectivity index is 1.27. The van der Waals surface area contributed by atoms with Crippen molar-refractivity contribution >= 4 is 34.6 Å². The lowest BCUT2D eigenvalue weighted by Gasteiger charge is -2.38. The monoisotopic (exact) mass is 445 g/mol. The molecule has 2 amide bonds. The number of carbonyl (C=O) groups is 2. The van der Waals surface area contributed by atoms with E-state index >= 15 is 0 Å². The Morgan fingerprint density at radius 2 is 2.00 bits per heavy atom. The first-order valence-corrected chi connectivity index (χ1v) is 11.2. The topological polar surface area (TPSA) is 86.8 Å². The third kappa shape index (κ3) is 4.47. The number of piperazine rings is 1. The Labute approximate surface area is 192 Å². The molecule has 5 rings (SSSR count). The molecule has 33 heavy (non-hydrogen) atoms. The number of carbonyl (C=O) groups excluding carboxylic acids is 2. The number of pyridine rings is 1. The highest BCUT2D eigenvalue weighted by Gasteiger charge is 2.24. The molecule has 2 aromatic carbocycles. The van der Waals surface area contributed by atoms with Crippen molar-refractivity contribution in [2.45, 2.75) is 13.0 Å². The SMILES string of the molecule is Cc1ccc2c(N3CCN(CC(NC=O)c4ccc5c(c4)NC(=O)CO5)CC3)cccc2n1. The first-order valence-electron chi connectivity index (χ1n) is 11.2. The predicted molar refractivity (Wildman–Crippen MR) is 128 cm³/mol. The van der Waals surface area contributed by atoms with Crippen molar-refractivity contribution in [3.8, 4) is 5.75 Å². The summed E-state index contributed by atoms with van der Waals surface area (Å²) in [5, 5.41) is 6.95. The summed E-state index contributed by atoms with van der Waals surface area (Å²) in [7, 11) is 0. The number of amides is 2. The molecule has 1 saturated heterocycles. The van der Waals surface area contributed by atoms with Gasteiger partial charge in [-0.2, -0.15) is 0 Å². The van der Waals surface area contributed by atoms with E-state index in [2.05, 4.69) is 55.7 Å². The second kappa shape index (κ2) is 9.07. The van der Waals surface area contributed by atoms with Crippen LogP contribution in [-0.4, -0.2) is 61.5 Å². The summed E-state index contributed by atoms with van der Waals surface area (Å²) in [4.78, 5) is 32.4. The Kier molecular flexibility index (Phi) is 5.83. The maximum atomic E-state index is 11.7. The van der Waals surface area contributed by atoms with E-state index in [0.717, 1.165) is 49.4 Å². The van der Waals surface area contributed by atoms with E-state index in [1.54, 1.807) is 0 Å². The highest BCUT2D eigenvalue weighted by molar-refractivity contribution is 5.95. The molecule has 8 heteroatoms. The van der Waals surface area contributed by atoms with Gasteiger partial charge in [-0.25, -0.2) is 0 Å². The average molecular weight is 446 g/mol. The summed E-state index contributed by atoms with van der Waals surface area (Å²) in [6.45, 7) is 6.30. The number of nitrogens with zero attached hydrogens (tertiary/aromatic N) is 3. The molecule has 0 aliphatic carbocycles. The number of anilines is 2. The minimum Gasteiger partial charge on any atom is -0.482 e. The minimum absolute atomic E-state index is 0.0268. The minimum atomic E-state index is -0.178. The van der Waals surface area contributed by atoms with Crippen LogP contribution < -0.4 is 20.3 Å². The highest BCUT2D eigenvalue weighted by Crippen LogP contribution is 2.31. The van der Waals surface area contributed by atoms with Gasteiger partial charge in [-0.15, -0.1) is 0 Å². The van der Waals surface area contributed by atoms with Gasteiger partial charge in [0.25, 0.3) is 5.91 Å². The Hall–Kier alpha value is -3.65. The number of rotatable bonds is 6. The molecule has 170 valence electrons. The van der Waals surface area contributed by atoms with Gasteiger partial charge in [0, 0.05) is 49.5 Å². The molecule has 2 aliphatic heterocycles. The first-order chi connectivity index (χ1) is 16.1. The number of nitrogens with one attached hydrogen (secondary N) is 2. The summed E-state index contributed by atoms with van der Waals surface area (Å²) in [6.07, 6.45) is 0.737. The molecule has 3 heterocycles. The molecule has 2 aliphatic rings. The molecule has 1 aromatic heterocycles. The summed E-state index contributed by atoms with van der Waals surface area (Å²) in [6, 6.07) is 16.0. The average Bonchev–Trinajstić information content (AvgIpc) is 2.83. The van der Waals surface area contributed by atoms with Crippen LogP contribution in [-0.2, 0) is 9.59 Å². The van der Waals surface area contributed by atoms with Gasteiger partial charge in [0.1, 0.15) is 5.75 Å². The number of hydrogen-bond acceptors (Lipinski definition) is 6. The normalized spacial score (nSPS) is 17.1. The molecule has 2 N–H and O–H groups in total. The largest absolute Gasteiger partial charge is 0.482 e. The van der Waals surface area contributed by atoms with Crippen LogP contribution in [0.2, 0.25) is 0 Å². The van der Waals surface area contributed by atoms with Crippen molar-refractivity contribution in [1.29, 1.82) is 0 Å². The summed E-state index contributed by atoms with van der Waals surface area (Å²) in [5.41, 5.74) is 4.84. The van der Waals surface area contributed by atoms with Gasteiger partial charge in [-0.05, 0) is 48.9 Å². The van der Waals surface area contributed by atoms with Gasteiger partial charge in [-0.3, -0.25) is 19.5 Å². The number of hydrogen-bond donors (Lipinski definition) is 2. The Morgan fingerprint density at radius 3 is 2.82 bits per heavy atom. The van der Waals surface area contributed by atoms with Gasteiger partial charge in [0.05, 0.1) is 17.2 Å². The molecule has 1 atom stereocenters. The molecule has 0 spiro atoms. The lowest BCUT2D eigenvalue weighted by molar-refractivity contribution is -0.118. The van der Waals surface area contributed by atoms with Crippen LogP contribution in [0.4, 0.5) is 11.4 Å². The third-order valence-electron chi connectivity index (χ3n) is 6.31. The van der Waals surface area contributed by atoms with Crippen molar-refractivity contribution < 1.29 is 14.3 Å². The zero-order chi connectivity index (χ0) is 22.8. The van der Waals surface area contributed by atoms with Crippen LogP contribution in [0, 0.1) is 6.92 Å². The van der Waals surface area contributed by atoms with Gasteiger partial charge >= 0.3 is 0 Å². The number of aromatic nitrogens is 1. The van der Waals surface area contributed by atoms with Crippen LogP contribution in [0.3, 0.4) is 0 Å². The molecule has 8 nitrogen and oxygen atoms in total.